The molecule has 4 nitrogen and oxygen atoms in total. The molecule has 0 spiro atoms. The minimum absolute atomic E-state index is 0.608. The Kier molecular flexibility index (Phi) is 1.72. The van der Waals surface area contributed by atoms with E-state index in [1.54, 1.807) is 13.8 Å². The van der Waals surface area contributed by atoms with Crippen LogP contribution in [0.4, 0.5) is 0 Å². The molecule has 0 radical (unpaired) electrons. The first-order valence-corrected chi connectivity index (χ1v) is 3.02. The molecule has 1 aliphatic rings. The molecular formula is C6H8O4. The minimum atomic E-state index is -0.618. The van der Waals surface area contributed by atoms with E-state index in [-0.39, 0.29) is 0 Å². The van der Waals surface area contributed by atoms with Crippen molar-refractivity contribution < 1.29 is 19.1 Å². The Morgan fingerprint density at radius 1 is 1.10 bits per heavy atom. The summed E-state index contributed by atoms with van der Waals surface area (Å²) in [6.45, 7) is 3.09. The van der Waals surface area contributed by atoms with E-state index in [0.717, 1.165) is 0 Å². The highest BCUT2D eigenvalue weighted by Crippen LogP contribution is 2.08. The van der Waals surface area contributed by atoms with Crippen molar-refractivity contribution in [2.45, 2.75) is 26.1 Å². The summed E-state index contributed by atoms with van der Waals surface area (Å²) in [7, 11) is 0. The summed E-state index contributed by atoms with van der Waals surface area (Å²) < 4.78 is 9.19. The fraction of sp³-hybridized carbons (Fsp3) is 0.667. The lowest BCUT2D eigenvalue weighted by atomic mass is 10.3. The third-order valence-corrected chi connectivity index (χ3v) is 1.27. The van der Waals surface area contributed by atoms with Crippen molar-refractivity contribution in [2.75, 3.05) is 0 Å². The largest absolute Gasteiger partial charge is 0.389 e. The molecule has 2 atom stereocenters. The van der Waals surface area contributed by atoms with E-state index in [4.69, 9.17) is 4.74 Å². The zero-order valence-corrected chi connectivity index (χ0v) is 5.79. The lowest BCUT2D eigenvalue weighted by Crippen LogP contribution is -2.40. The van der Waals surface area contributed by atoms with Crippen molar-refractivity contribution in [3.8, 4) is 0 Å². The fourth-order valence-electron chi connectivity index (χ4n) is 0.682. The van der Waals surface area contributed by atoms with Crippen molar-refractivity contribution in [3.63, 3.8) is 0 Å². The Labute approximate surface area is 58.1 Å². The van der Waals surface area contributed by atoms with Gasteiger partial charge in [0.2, 0.25) is 0 Å². The molecule has 4 heteroatoms. The Morgan fingerprint density at radius 2 is 1.50 bits per heavy atom. The molecule has 56 valence electrons. The predicted molar refractivity (Wildman–Crippen MR) is 31.1 cm³/mol. The number of hydrogen-bond donors (Lipinski definition) is 0. The van der Waals surface area contributed by atoms with Crippen LogP contribution in [0.3, 0.4) is 0 Å². The molecule has 0 amide bonds. The molecule has 0 aromatic carbocycles. The molecule has 0 aromatic heterocycles. The summed E-state index contributed by atoms with van der Waals surface area (Å²) in [6, 6.07) is 0. The lowest BCUT2D eigenvalue weighted by Gasteiger charge is -2.21. The van der Waals surface area contributed by atoms with Crippen LogP contribution in [0.2, 0.25) is 0 Å². The van der Waals surface area contributed by atoms with E-state index in [0.29, 0.717) is 0 Å². The molecule has 0 unspecified atom stereocenters. The standard InChI is InChI=1S/C6H8O4/c1-3-5(7)10-6(8)4(2)9-3/h3-4H,1-2H3/t3-,4-/m1/s1. The van der Waals surface area contributed by atoms with E-state index in [9.17, 15) is 9.59 Å². The number of cyclic esters (lactones) is 2. The third-order valence-electron chi connectivity index (χ3n) is 1.27. The Morgan fingerprint density at radius 3 is 1.80 bits per heavy atom. The number of carbonyl (C=O) groups is 2. The van der Waals surface area contributed by atoms with Crippen LogP contribution in [0.15, 0.2) is 0 Å². The van der Waals surface area contributed by atoms with Crippen molar-refractivity contribution >= 4 is 11.9 Å². The normalized spacial score (nSPS) is 33.8. The zero-order chi connectivity index (χ0) is 7.72. The average Bonchev–Trinajstić information content (AvgIpc) is 1.84. The van der Waals surface area contributed by atoms with E-state index in [2.05, 4.69) is 4.74 Å². The SMILES string of the molecule is C[C@H]1O[C@H](C)C(=O)OC1=O. The molecule has 0 bridgehead atoms. The first kappa shape index (κ1) is 7.21. The molecule has 10 heavy (non-hydrogen) atoms. The summed E-state index contributed by atoms with van der Waals surface area (Å²) in [5.41, 5.74) is 0. The number of rotatable bonds is 0. The van der Waals surface area contributed by atoms with Crippen molar-refractivity contribution in [3.05, 3.63) is 0 Å². The quantitative estimate of drug-likeness (QED) is 0.351. The Bertz CT molecular complexity index is 157. The lowest BCUT2D eigenvalue weighted by molar-refractivity contribution is -0.190. The molecule has 0 aliphatic carbocycles. The summed E-state index contributed by atoms with van der Waals surface area (Å²) >= 11 is 0. The summed E-state index contributed by atoms with van der Waals surface area (Å²) in [5.74, 6) is -1.22. The third kappa shape index (κ3) is 1.16. The van der Waals surface area contributed by atoms with Gasteiger partial charge >= 0.3 is 11.9 Å². The van der Waals surface area contributed by atoms with Crippen LogP contribution in [0.5, 0.6) is 0 Å². The molecular weight excluding hydrogens is 136 g/mol. The topological polar surface area (TPSA) is 52.6 Å². The van der Waals surface area contributed by atoms with E-state index >= 15 is 0 Å². The number of ether oxygens (including phenoxy) is 2. The highest BCUT2D eigenvalue weighted by molar-refractivity contribution is 5.91. The highest BCUT2D eigenvalue weighted by atomic mass is 16.6. The van der Waals surface area contributed by atoms with Gasteiger partial charge in [-0.15, -0.1) is 0 Å². The number of hydrogen-bond acceptors (Lipinski definition) is 4. The minimum Gasteiger partial charge on any atom is -0.389 e. The van der Waals surface area contributed by atoms with Crippen LogP contribution in [-0.2, 0) is 19.1 Å². The second-order valence-electron chi connectivity index (χ2n) is 2.16. The first-order chi connectivity index (χ1) is 4.61. The van der Waals surface area contributed by atoms with Gasteiger partial charge in [-0.05, 0) is 13.8 Å². The van der Waals surface area contributed by atoms with Crippen LogP contribution in [-0.4, -0.2) is 24.1 Å². The predicted octanol–water partition coefficient (Wildman–Crippen LogP) is -0.137. The maximum atomic E-state index is 10.6. The molecule has 1 fully saturated rings. The van der Waals surface area contributed by atoms with Gasteiger partial charge in [0, 0.05) is 0 Å². The van der Waals surface area contributed by atoms with Gasteiger partial charge < -0.3 is 9.47 Å². The van der Waals surface area contributed by atoms with Gasteiger partial charge in [-0.25, -0.2) is 9.59 Å². The summed E-state index contributed by atoms with van der Waals surface area (Å²) in [6.07, 6.45) is -1.24. The van der Waals surface area contributed by atoms with Gasteiger partial charge in [-0.3, -0.25) is 0 Å². The molecule has 0 N–H and O–H groups in total. The second kappa shape index (κ2) is 2.38. The highest BCUT2D eigenvalue weighted by Gasteiger charge is 2.31. The molecule has 0 saturated carbocycles. The molecule has 1 saturated heterocycles. The maximum absolute atomic E-state index is 10.6. The molecule has 1 rings (SSSR count). The van der Waals surface area contributed by atoms with Crippen LogP contribution in [0, 0.1) is 0 Å². The number of carbonyl (C=O) groups excluding carboxylic acids is 2. The van der Waals surface area contributed by atoms with Crippen LogP contribution in [0.1, 0.15) is 13.8 Å². The van der Waals surface area contributed by atoms with Gasteiger partial charge in [0.05, 0.1) is 0 Å². The smallest absolute Gasteiger partial charge is 0.342 e. The van der Waals surface area contributed by atoms with Crippen LogP contribution < -0.4 is 0 Å². The average molecular weight is 144 g/mol. The van der Waals surface area contributed by atoms with Gasteiger partial charge in [0.1, 0.15) is 0 Å². The maximum Gasteiger partial charge on any atom is 0.342 e. The molecule has 1 heterocycles. The fourth-order valence-corrected chi connectivity index (χ4v) is 0.682. The second-order valence-corrected chi connectivity index (χ2v) is 2.16. The van der Waals surface area contributed by atoms with Crippen molar-refractivity contribution in [1.82, 2.24) is 0 Å². The van der Waals surface area contributed by atoms with Gasteiger partial charge in [0.25, 0.3) is 0 Å². The molecule has 1 aliphatic heterocycles. The van der Waals surface area contributed by atoms with E-state index in [1.165, 1.54) is 0 Å². The number of esters is 2. The van der Waals surface area contributed by atoms with Gasteiger partial charge in [-0.2, -0.15) is 0 Å². The zero-order valence-electron chi connectivity index (χ0n) is 5.79. The van der Waals surface area contributed by atoms with Crippen molar-refractivity contribution in [1.29, 1.82) is 0 Å². The summed E-state index contributed by atoms with van der Waals surface area (Å²) in [4.78, 5) is 21.2. The Balaban J connectivity index is 2.63. The van der Waals surface area contributed by atoms with E-state index < -0.39 is 24.1 Å². The van der Waals surface area contributed by atoms with Crippen LogP contribution >= 0.6 is 0 Å². The van der Waals surface area contributed by atoms with E-state index in [1.807, 2.05) is 0 Å². The summed E-state index contributed by atoms with van der Waals surface area (Å²) in [5, 5.41) is 0. The molecule has 0 aromatic rings. The monoisotopic (exact) mass is 144 g/mol. The van der Waals surface area contributed by atoms with Crippen molar-refractivity contribution in [2.24, 2.45) is 0 Å². The first-order valence-electron chi connectivity index (χ1n) is 3.02. The Hall–Kier alpha value is -0.900. The van der Waals surface area contributed by atoms with Gasteiger partial charge in [0.15, 0.2) is 12.2 Å². The van der Waals surface area contributed by atoms with Crippen LogP contribution in [0.25, 0.3) is 0 Å². The van der Waals surface area contributed by atoms with Gasteiger partial charge in [-0.1, -0.05) is 0 Å².